The Hall–Kier alpha value is -1.58. The van der Waals surface area contributed by atoms with Crippen LogP contribution in [0.25, 0.3) is 0 Å². The van der Waals surface area contributed by atoms with Crippen molar-refractivity contribution < 1.29 is 14.6 Å². The third-order valence-corrected chi connectivity index (χ3v) is 5.95. The van der Waals surface area contributed by atoms with Crippen LogP contribution in [0.2, 0.25) is 0 Å². The summed E-state index contributed by atoms with van der Waals surface area (Å²) in [5.41, 5.74) is 2.57. The molecule has 0 heterocycles. The average molecular weight is 405 g/mol. The van der Waals surface area contributed by atoms with Crippen LogP contribution in [-0.2, 0) is 22.6 Å². The molecule has 2 unspecified atom stereocenters. The number of aryl methyl sites for hydroxylation is 1. The highest BCUT2D eigenvalue weighted by atomic mass is 35.5. The van der Waals surface area contributed by atoms with Gasteiger partial charge in [0.2, 0.25) is 0 Å². The van der Waals surface area contributed by atoms with Gasteiger partial charge in [-0.1, -0.05) is 48.6 Å². The number of carboxylic acid groups (broad SMARTS) is 1. The van der Waals surface area contributed by atoms with Crippen LogP contribution in [0.4, 0.5) is 0 Å². The first kappa shape index (κ1) is 22.7. The van der Waals surface area contributed by atoms with Crippen LogP contribution in [0.3, 0.4) is 0 Å². The summed E-state index contributed by atoms with van der Waals surface area (Å²) < 4.78 is 5.20. The van der Waals surface area contributed by atoms with Crippen LogP contribution in [0.15, 0.2) is 48.6 Å². The zero-order valence-electron chi connectivity index (χ0n) is 16.9. The maximum atomic E-state index is 10.5. The smallest absolute Gasteiger partial charge is 0.303 e. The van der Waals surface area contributed by atoms with Crippen molar-refractivity contribution in [2.75, 3.05) is 7.11 Å². The predicted molar refractivity (Wildman–Crippen MR) is 116 cm³/mol. The van der Waals surface area contributed by atoms with Crippen LogP contribution in [-0.4, -0.2) is 23.6 Å². The Morgan fingerprint density at radius 2 is 2.04 bits per heavy atom. The van der Waals surface area contributed by atoms with Gasteiger partial charge in [0.1, 0.15) is 0 Å². The standard InChI is InChI=1S/C24H33ClO3/c1-28-18-20-11-8-10-19(17-20)9-6-7-12-21-15-16-23(25)22(21)13-4-2-3-5-14-24(26)27/h2,4,7-8,10-12,17,21-23H,3,5-6,9,13-16,18H2,1H3,(H,26,27)/b4-2-,12-7+/t21?,22-,23?/m1/s1. The molecular formula is C24H33ClO3. The van der Waals surface area contributed by atoms with E-state index in [9.17, 15) is 4.79 Å². The number of halogens is 1. The molecule has 0 radical (unpaired) electrons. The molecule has 1 aliphatic carbocycles. The zero-order valence-corrected chi connectivity index (χ0v) is 17.6. The van der Waals surface area contributed by atoms with Crippen molar-refractivity contribution in [3.8, 4) is 0 Å². The molecular weight excluding hydrogens is 372 g/mol. The van der Waals surface area contributed by atoms with E-state index in [2.05, 4.69) is 48.6 Å². The first-order valence-electron chi connectivity index (χ1n) is 10.3. The van der Waals surface area contributed by atoms with Crippen molar-refractivity contribution in [3.63, 3.8) is 0 Å². The minimum atomic E-state index is -0.722. The molecule has 0 saturated heterocycles. The molecule has 0 spiro atoms. The van der Waals surface area contributed by atoms with Gasteiger partial charge < -0.3 is 9.84 Å². The van der Waals surface area contributed by atoms with Crippen molar-refractivity contribution in [2.45, 2.75) is 63.4 Å². The Labute approximate surface area is 174 Å². The van der Waals surface area contributed by atoms with E-state index in [4.69, 9.17) is 21.4 Å². The lowest BCUT2D eigenvalue weighted by Crippen LogP contribution is -2.12. The molecule has 1 aliphatic rings. The molecule has 1 fully saturated rings. The van der Waals surface area contributed by atoms with Crippen LogP contribution >= 0.6 is 11.6 Å². The van der Waals surface area contributed by atoms with E-state index in [1.165, 1.54) is 11.1 Å². The quantitative estimate of drug-likeness (QED) is 0.258. The Bertz CT molecular complexity index is 653. The van der Waals surface area contributed by atoms with Gasteiger partial charge in [-0.2, -0.15) is 0 Å². The summed E-state index contributed by atoms with van der Waals surface area (Å²) in [4.78, 5) is 10.5. The maximum absolute atomic E-state index is 10.5. The third kappa shape index (κ3) is 8.20. The highest BCUT2D eigenvalue weighted by Crippen LogP contribution is 2.39. The van der Waals surface area contributed by atoms with Gasteiger partial charge in [0.05, 0.1) is 6.61 Å². The second-order valence-electron chi connectivity index (χ2n) is 7.63. The number of alkyl halides is 1. The maximum Gasteiger partial charge on any atom is 0.303 e. The first-order chi connectivity index (χ1) is 13.6. The van der Waals surface area contributed by atoms with Crippen LogP contribution in [0.5, 0.6) is 0 Å². The number of unbranched alkanes of at least 4 members (excludes halogenated alkanes) is 1. The first-order valence-corrected chi connectivity index (χ1v) is 10.8. The Kier molecular flexibility index (Phi) is 10.4. The molecule has 0 aliphatic heterocycles. The minimum absolute atomic E-state index is 0.240. The van der Waals surface area contributed by atoms with E-state index in [1.807, 2.05) is 0 Å². The van der Waals surface area contributed by atoms with E-state index in [0.717, 1.165) is 38.5 Å². The summed E-state index contributed by atoms with van der Waals surface area (Å²) >= 11 is 6.55. The molecule has 1 aromatic rings. The number of rotatable bonds is 12. The Morgan fingerprint density at radius 3 is 2.82 bits per heavy atom. The number of ether oxygens (including phenoxy) is 1. The van der Waals surface area contributed by atoms with E-state index in [0.29, 0.717) is 24.9 Å². The normalized spacial score (nSPS) is 22.4. The number of hydrogen-bond donors (Lipinski definition) is 1. The monoisotopic (exact) mass is 404 g/mol. The molecule has 3 nitrogen and oxygen atoms in total. The minimum Gasteiger partial charge on any atom is -0.481 e. The lowest BCUT2D eigenvalue weighted by molar-refractivity contribution is -0.137. The molecule has 4 heteroatoms. The van der Waals surface area contributed by atoms with E-state index >= 15 is 0 Å². The number of methoxy groups -OCH3 is 1. The van der Waals surface area contributed by atoms with Gasteiger partial charge >= 0.3 is 5.97 Å². The van der Waals surface area contributed by atoms with Gasteiger partial charge in [0, 0.05) is 18.9 Å². The Morgan fingerprint density at radius 1 is 1.21 bits per heavy atom. The topological polar surface area (TPSA) is 46.5 Å². The predicted octanol–water partition coefficient (Wildman–Crippen LogP) is 6.16. The van der Waals surface area contributed by atoms with Gasteiger partial charge in [-0.25, -0.2) is 0 Å². The fourth-order valence-corrected chi connectivity index (χ4v) is 4.33. The van der Waals surface area contributed by atoms with E-state index in [-0.39, 0.29) is 11.8 Å². The second-order valence-corrected chi connectivity index (χ2v) is 8.19. The van der Waals surface area contributed by atoms with Crippen molar-refractivity contribution in [3.05, 3.63) is 59.7 Å². The number of benzene rings is 1. The van der Waals surface area contributed by atoms with Gasteiger partial charge in [0.15, 0.2) is 0 Å². The highest BCUT2D eigenvalue weighted by molar-refractivity contribution is 6.21. The molecule has 3 atom stereocenters. The summed E-state index contributed by atoms with van der Waals surface area (Å²) in [6.45, 7) is 0.661. The molecule has 0 bridgehead atoms. The van der Waals surface area contributed by atoms with Crippen molar-refractivity contribution >= 4 is 17.6 Å². The average Bonchev–Trinajstić information content (AvgIpc) is 3.02. The lowest BCUT2D eigenvalue weighted by Gasteiger charge is -2.17. The van der Waals surface area contributed by atoms with Crippen LogP contribution in [0.1, 0.15) is 56.1 Å². The summed E-state index contributed by atoms with van der Waals surface area (Å²) in [5.74, 6) is 0.310. The molecule has 0 aromatic heterocycles. The molecule has 0 amide bonds. The molecule has 2 rings (SSSR count). The summed E-state index contributed by atoms with van der Waals surface area (Å²) in [7, 11) is 1.73. The fourth-order valence-electron chi connectivity index (χ4n) is 3.91. The van der Waals surface area contributed by atoms with Gasteiger partial charge in [-0.3, -0.25) is 4.79 Å². The van der Waals surface area contributed by atoms with E-state index < -0.39 is 5.97 Å². The number of hydrogen-bond acceptors (Lipinski definition) is 2. The SMILES string of the molecule is COCc1cccc(CC/C=C/C2CCC(Cl)[C@@H]2C/C=C\CCCC(=O)O)c1. The summed E-state index contributed by atoms with van der Waals surface area (Å²) in [6, 6.07) is 8.60. The summed E-state index contributed by atoms with van der Waals surface area (Å²) in [5, 5.41) is 8.91. The molecule has 1 saturated carbocycles. The summed E-state index contributed by atoms with van der Waals surface area (Å²) in [6.07, 6.45) is 16.0. The van der Waals surface area contributed by atoms with Crippen molar-refractivity contribution in [2.24, 2.45) is 11.8 Å². The number of carbonyl (C=O) groups is 1. The van der Waals surface area contributed by atoms with E-state index in [1.54, 1.807) is 7.11 Å². The van der Waals surface area contributed by atoms with Gasteiger partial charge in [-0.05, 0) is 67.9 Å². The molecule has 1 N–H and O–H groups in total. The largest absolute Gasteiger partial charge is 0.481 e. The van der Waals surface area contributed by atoms with Gasteiger partial charge in [-0.15, -0.1) is 11.6 Å². The fraction of sp³-hybridized carbons (Fsp3) is 0.542. The molecule has 28 heavy (non-hydrogen) atoms. The van der Waals surface area contributed by atoms with Gasteiger partial charge in [0.25, 0.3) is 0 Å². The lowest BCUT2D eigenvalue weighted by atomic mass is 9.91. The Balaban J connectivity index is 1.75. The molecule has 1 aromatic carbocycles. The van der Waals surface area contributed by atoms with Crippen LogP contribution < -0.4 is 0 Å². The highest BCUT2D eigenvalue weighted by Gasteiger charge is 2.32. The van der Waals surface area contributed by atoms with Crippen LogP contribution in [0, 0.1) is 11.8 Å². The second kappa shape index (κ2) is 12.8. The molecule has 154 valence electrons. The number of allylic oxidation sites excluding steroid dienone is 4. The third-order valence-electron chi connectivity index (χ3n) is 5.41. The van der Waals surface area contributed by atoms with Crippen molar-refractivity contribution in [1.82, 2.24) is 0 Å². The number of carboxylic acids is 1. The zero-order chi connectivity index (χ0) is 20.2. The number of aliphatic carboxylic acids is 1. The van der Waals surface area contributed by atoms with Crippen molar-refractivity contribution in [1.29, 1.82) is 0 Å².